The lowest BCUT2D eigenvalue weighted by molar-refractivity contribution is 0.0123. The summed E-state index contributed by atoms with van der Waals surface area (Å²) in [6.45, 7) is 8.98. The minimum atomic E-state index is -0.533. The molecule has 1 aromatic carbocycles. The Balaban J connectivity index is 1.24. The van der Waals surface area contributed by atoms with Gasteiger partial charge in [0.25, 0.3) is 5.56 Å². The van der Waals surface area contributed by atoms with Crippen molar-refractivity contribution in [3.8, 4) is 11.7 Å². The van der Waals surface area contributed by atoms with Gasteiger partial charge < -0.3 is 24.3 Å². The van der Waals surface area contributed by atoms with Crippen LogP contribution in [0.2, 0.25) is 0 Å². The number of pyridine rings is 1. The van der Waals surface area contributed by atoms with Gasteiger partial charge in [0.1, 0.15) is 17.1 Å². The molecule has 1 fully saturated rings. The van der Waals surface area contributed by atoms with E-state index in [1.165, 1.54) is 0 Å². The molecule has 12 nitrogen and oxygen atoms in total. The van der Waals surface area contributed by atoms with E-state index in [1.54, 1.807) is 26.5 Å². The van der Waals surface area contributed by atoms with E-state index in [0.29, 0.717) is 61.2 Å². The molecule has 0 radical (unpaired) electrons. The number of piperidine rings is 1. The molecule has 1 aliphatic heterocycles. The molecule has 1 saturated heterocycles. The van der Waals surface area contributed by atoms with Crippen LogP contribution in [0.15, 0.2) is 59.7 Å². The smallest absolute Gasteiger partial charge is 0.410 e. The fourth-order valence-electron chi connectivity index (χ4n) is 5.34. The second-order valence-electron chi connectivity index (χ2n) is 11.7. The summed E-state index contributed by atoms with van der Waals surface area (Å²) < 4.78 is 17.1. The SMILES string of the molecule is CCn1c(=O)c2cnc(Nc3ccc4c(ccn4C)c3)nc2n1-c1cccc(OC2CCN(C(=O)OC(C)(C)C)CC2)n1. The van der Waals surface area contributed by atoms with Gasteiger partial charge in [0, 0.05) is 74.6 Å². The quantitative estimate of drug-likeness (QED) is 0.296. The van der Waals surface area contributed by atoms with Crippen molar-refractivity contribution in [3.63, 3.8) is 0 Å². The molecule has 1 aliphatic rings. The number of nitrogens with one attached hydrogen (secondary N) is 1. The fraction of sp³-hybridized carbons (Fsp3) is 0.387. The molecule has 0 unspecified atom stereocenters. The molecular weight excluding hydrogens is 548 g/mol. The summed E-state index contributed by atoms with van der Waals surface area (Å²) in [6.07, 6.45) is 4.48. The molecule has 0 spiro atoms. The van der Waals surface area contributed by atoms with Gasteiger partial charge in [0.05, 0.1) is 0 Å². The molecule has 1 amide bonds. The Labute approximate surface area is 248 Å². The van der Waals surface area contributed by atoms with Gasteiger partial charge in [-0.05, 0) is 58.0 Å². The lowest BCUT2D eigenvalue weighted by atomic mass is 10.1. The molecule has 5 aromatic rings. The molecule has 0 atom stereocenters. The van der Waals surface area contributed by atoms with E-state index in [1.807, 2.05) is 71.3 Å². The van der Waals surface area contributed by atoms with Gasteiger partial charge >= 0.3 is 6.09 Å². The number of aryl methyl sites for hydroxylation is 1. The number of amides is 1. The summed E-state index contributed by atoms with van der Waals surface area (Å²) in [5, 5.41) is 4.77. The normalized spacial score (nSPS) is 14.4. The molecule has 0 aliphatic carbocycles. The number of hydrogen-bond donors (Lipinski definition) is 1. The average Bonchev–Trinajstić information content (AvgIpc) is 3.48. The first kappa shape index (κ1) is 28.3. The van der Waals surface area contributed by atoms with Crippen molar-refractivity contribution in [1.29, 1.82) is 0 Å². The van der Waals surface area contributed by atoms with E-state index in [9.17, 15) is 9.59 Å². The number of rotatable bonds is 6. The first-order valence-electron chi connectivity index (χ1n) is 14.5. The van der Waals surface area contributed by atoms with Crippen LogP contribution in [0, 0.1) is 0 Å². The van der Waals surface area contributed by atoms with Crippen molar-refractivity contribution >= 4 is 39.7 Å². The molecule has 1 N–H and O–H groups in total. The van der Waals surface area contributed by atoms with Gasteiger partial charge in [-0.2, -0.15) is 9.97 Å². The number of carbonyl (C=O) groups excluding carboxylic acids is 1. The Morgan fingerprint density at radius 3 is 2.63 bits per heavy atom. The first-order valence-corrected chi connectivity index (χ1v) is 14.5. The van der Waals surface area contributed by atoms with Crippen molar-refractivity contribution in [2.45, 2.75) is 58.8 Å². The molecule has 12 heteroatoms. The van der Waals surface area contributed by atoms with E-state index in [2.05, 4.69) is 20.9 Å². The Morgan fingerprint density at radius 1 is 1.09 bits per heavy atom. The van der Waals surface area contributed by atoms with Gasteiger partial charge in [0.2, 0.25) is 11.8 Å². The summed E-state index contributed by atoms with van der Waals surface area (Å²) in [5.41, 5.74) is 1.68. The third-order valence-corrected chi connectivity index (χ3v) is 7.42. The minimum Gasteiger partial charge on any atom is -0.474 e. The number of likely N-dealkylation sites (tertiary alicyclic amines) is 1. The van der Waals surface area contributed by atoms with E-state index in [0.717, 1.165) is 16.6 Å². The molecule has 5 heterocycles. The highest BCUT2D eigenvalue weighted by atomic mass is 16.6. The number of hydrogen-bond acceptors (Lipinski definition) is 8. The molecule has 6 rings (SSSR count). The van der Waals surface area contributed by atoms with Crippen molar-refractivity contribution in [2.24, 2.45) is 7.05 Å². The van der Waals surface area contributed by atoms with Crippen LogP contribution in [0.3, 0.4) is 0 Å². The molecule has 43 heavy (non-hydrogen) atoms. The van der Waals surface area contributed by atoms with Gasteiger partial charge in [0.15, 0.2) is 11.5 Å². The molecule has 0 bridgehead atoms. The Morgan fingerprint density at radius 2 is 1.88 bits per heavy atom. The molecule has 0 saturated carbocycles. The van der Waals surface area contributed by atoms with Crippen molar-refractivity contribution in [3.05, 3.63) is 65.2 Å². The van der Waals surface area contributed by atoms with Gasteiger partial charge in [-0.3, -0.25) is 4.79 Å². The fourth-order valence-corrected chi connectivity index (χ4v) is 5.34. The van der Waals surface area contributed by atoms with Crippen molar-refractivity contribution in [2.75, 3.05) is 18.4 Å². The zero-order valence-corrected chi connectivity index (χ0v) is 25.1. The Kier molecular flexibility index (Phi) is 7.28. The predicted molar refractivity (Wildman–Crippen MR) is 164 cm³/mol. The summed E-state index contributed by atoms with van der Waals surface area (Å²) >= 11 is 0. The standard InChI is InChI=1S/C31H36N8O4/c1-6-38-28(40)23-19-32-29(33-21-10-11-24-20(18-21)12-15-36(24)5)35-27(23)39(38)25-8-7-9-26(34-25)42-22-13-16-37(17-14-22)30(41)43-31(2,3)4/h7-12,15,18-19,22H,6,13-14,16-17H2,1-5H3,(H,32,33,35). The summed E-state index contributed by atoms with van der Waals surface area (Å²) in [7, 11) is 2.01. The van der Waals surface area contributed by atoms with Crippen LogP contribution in [-0.2, 0) is 18.3 Å². The maximum Gasteiger partial charge on any atom is 0.410 e. The van der Waals surface area contributed by atoms with Crippen LogP contribution < -0.4 is 15.6 Å². The zero-order valence-electron chi connectivity index (χ0n) is 25.1. The summed E-state index contributed by atoms with van der Waals surface area (Å²) in [4.78, 5) is 41.4. The highest BCUT2D eigenvalue weighted by Gasteiger charge is 2.28. The number of carbonyl (C=O) groups is 1. The van der Waals surface area contributed by atoms with Crippen LogP contribution in [0.4, 0.5) is 16.4 Å². The van der Waals surface area contributed by atoms with E-state index >= 15 is 0 Å². The van der Waals surface area contributed by atoms with Crippen molar-refractivity contribution in [1.82, 2.24) is 33.8 Å². The monoisotopic (exact) mass is 584 g/mol. The van der Waals surface area contributed by atoms with E-state index < -0.39 is 5.60 Å². The van der Waals surface area contributed by atoms with Crippen LogP contribution in [0.25, 0.3) is 27.8 Å². The van der Waals surface area contributed by atoms with Crippen LogP contribution in [0.1, 0.15) is 40.5 Å². The highest BCUT2D eigenvalue weighted by Crippen LogP contribution is 2.24. The maximum absolute atomic E-state index is 13.3. The lowest BCUT2D eigenvalue weighted by Crippen LogP contribution is -2.44. The number of aromatic nitrogens is 6. The summed E-state index contributed by atoms with van der Waals surface area (Å²) in [6, 6.07) is 13.6. The number of benzene rings is 1. The number of anilines is 2. The highest BCUT2D eigenvalue weighted by molar-refractivity contribution is 5.84. The minimum absolute atomic E-state index is 0.101. The van der Waals surface area contributed by atoms with Gasteiger partial charge in [-0.15, -0.1) is 0 Å². The van der Waals surface area contributed by atoms with Crippen LogP contribution >= 0.6 is 0 Å². The topological polar surface area (TPSA) is 121 Å². The van der Waals surface area contributed by atoms with Crippen molar-refractivity contribution < 1.29 is 14.3 Å². The molecule has 4 aromatic heterocycles. The third-order valence-electron chi connectivity index (χ3n) is 7.42. The largest absolute Gasteiger partial charge is 0.474 e. The molecule has 224 valence electrons. The first-order chi connectivity index (χ1) is 20.6. The van der Waals surface area contributed by atoms with E-state index in [4.69, 9.17) is 19.4 Å². The van der Waals surface area contributed by atoms with E-state index in [-0.39, 0.29) is 17.8 Å². The number of nitrogens with zero attached hydrogens (tertiary/aromatic N) is 7. The van der Waals surface area contributed by atoms with Gasteiger partial charge in [-0.25, -0.2) is 19.1 Å². The Hall–Kier alpha value is -4.87. The third kappa shape index (κ3) is 5.77. The van der Waals surface area contributed by atoms with Gasteiger partial charge in [-0.1, -0.05) is 6.07 Å². The number of fused-ring (bicyclic) bond motifs is 2. The predicted octanol–water partition coefficient (Wildman–Crippen LogP) is 5.01. The second-order valence-corrected chi connectivity index (χ2v) is 11.7. The lowest BCUT2D eigenvalue weighted by Gasteiger charge is -2.33. The Bertz CT molecular complexity index is 1860. The second kappa shape index (κ2) is 11.1. The van der Waals surface area contributed by atoms with Crippen LogP contribution in [-0.4, -0.2) is 64.7 Å². The number of ether oxygens (including phenoxy) is 2. The maximum atomic E-state index is 13.3. The zero-order chi connectivity index (χ0) is 30.3. The molecular formula is C31H36N8O4. The van der Waals surface area contributed by atoms with Crippen LogP contribution in [0.5, 0.6) is 5.88 Å². The average molecular weight is 585 g/mol. The summed E-state index contributed by atoms with van der Waals surface area (Å²) in [5.74, 6) is 1.32.